The van der Waals surface area contributed by atoms with Crippen LogP contribution >= 0.6 is 27.5 Å². The molecule has 36 heavy (non-hydrogen) atoms. The molecule has 2 bridgehead atoms. The second-order valence-corrected chi connectivity index (χ2v) is 11.1. The van der Waals surface area contributed by atoms with Gasteiger partial charge in [-0.3, -0.25) is 0 Å². The minimum Gasteiger partial charge on any atom is -0.444 e. The highest BCUT2D eigenvalue weighted by atomic mass is 79.9. The van der Waals surface area contributed by atoms with E-state index in [1.54, 1.807) is 25.7 Å². The minimum atomic E-state index is -4.80. The summed E-state index contributed by atoms with van der Waals surface area (Å²) in [6.07, 6.45) is -3.36. The highest BCUT2D eigenvalue weighted by molar-refractivity contribution is 9.10. The Hall–Kier alpha value is -1.92. The fourth-order valence-electron chi connectivity index (χ4n) is 5.09. The first kappa shape index (κ1) is 27.1. The maximum Gasteiger partial charge on any atom is 0.417 e. The van der Waals surface area contributed by atoms with E-state index in [0.717, 1.165) is 12.5 Å². The third-order valence-electron chi connectivity index (χ3n) is 6.44. The molecule has 1 unspecified atom stereocenters. The number of amides is 1. The van der Waals surface area contributed by atoms with Gasteiger partial charge in [0.05, 0.1) is 28.7 Å². The SMILES string of the molecule is COCCN(C(=O)OC(C)(C)C)C1C[C@H]2CC[C@@H]1N2c1nc(Cl)nc2c(F)c(Br)c(C(F)(F)F)cc12. The van der Waals surface area contributed by atoms with Gasteiger partial charge in [0, 0.05) is 25.1 Å². The van der Waals surface area contributed by atoms with Crippen molar-refractivity contribution in [2.45, 2.75) is 69.9 Å². The zero-order valence-corrected chi connectivity index (χ0v) is 22.5. The van der Waals surface area contributed by atoms with Gasteiger partial charge in [0.15, 0.2) is 5.82 Å². The number of hydrogen-bond donors (Lipinski definition) is 0. The Labute approximate surface area is 219 Å². The van der Waals surface area contributed by atoms with Crippen molar-refractivity contribution in [3.63, 3.8) is 0 Å². The topological polar surface area (TPSA) is 67.8 Å². The lowest BCUT2D eigenvalue weighted by Gasteiger charge is -2.35. The Bertz CT molecular complexity index is 1180. The van der Waals surface area contributed by atoms with Gasteiger partial charge in [-0.05, 0) is 73.6 Å². The number of aromatic nitrogens is 2. The average molecular weight is 598 g/mol. The maximum absolute atomic E-state index is 15.1. The predicted octanol–water partition coefficient (Wildman–Crippen LogP) is 6.20. The summed E-state index contributed by atoms with van der Waals surface area (Å²) in [7, 11) is 1.53. The molecule has 0 aliphatic carbocycles. The molecule has 7 nitrogen and oxygen atoms in total. The van der Waals surface area contributed by atoms with Gasteiger partial charge >= 0.3 is 12.3 Å². The number of nitrogens with zero attached hydrogens (tertiary/aromatic N) is 4. The maximum atomic E-state index is 15.1. The van der Waals surface area contributed by atoms with Gasteiger partial charge in [-0.25, -0.2) is 14.2 Å². The fraction of sp³-hybridized carbons (Fsp3) is 0.609. The van der Waals surface area contributed by atoms with Gasteiger partial charge in [0.2, 0.25) is 5.28 Å². The van der Waals surface area contributed by atoms with Crippen molar-refractivity contribution in [1.82, 2.24) is 14.9 Å². The van der Waals surface area contributed by atoms with Gasteiger partial charge in [-0.2, -0.15) is 18.2 Å². The molecule has 4 rings (SSSR count). The van der Waals surface area contributed by atoms with E-state index < -0.39 is 33.7 Å². The van der Waals surface area contributed by atoms with Crippen LogP contribution in [0.1, 0.15) is 45.6 Å². The molecule has 0 spiro atoms. The van der Waals surface area contributed by atoms with Crippen molar-refractivity contribution >= 4 is 50.3 Å². The lowest BCUT2D eigenvalue weighted by molar-refractivity contribution is -0.138. The number of methoxy groups -OCH3 is 1. The van der Waals surface area contributed by atoms with E-state index in [2.05, 4.69) is 25.9 Å². The number of rotatable bonds is 5. The van der Waals surface area contributed by atoms with Crippen molar-refractivity contribution < 1.29 is 31.8 Å². The predicted molar refractivity (Wildman–Crippen MR) is 130 cm³/mol. The Morgan fingerprint density at radius 1 is 1.28 bits per heavy atom. The van der Waals surface area contributed by atoms with Crippen LogP contribution in [0.25, 0.3) is 10.9 Å². The van der Waals surface area contributed by atoms with E-state index in [1.165, 1.54) is 7.11 Å². The van der Waals surface area contributed by atoms with Crippen molar-refractivity contribution in [2.75, 3.05) is 25.2 Å². The standard InChI is InChI=1S/C23H26BrClF4N4O3/c1-22(2,3)36-21(34)32(7-8-35-4)15-9-11-5-6-14(15)33(11)19-12-10-13(23(27,28)29)16(24)17(26)18(12)30-20(25)31-19/h10-11,14-15H,5-9H2,1-4H3/t11-,14+,15?/m1/s1. The highest BCUT2D eigenvalue weighted by Crippen LogP contribution is 2.47. The van der Waals surface area contributed by atoms with E-state index in [0.29, 0.717) is 12.8 Å². The first-order valence-corrected chi connectivity index (χ1v) is 12.6. The van der Waals surface area contributed by atoms with Crippen LogP contribution in [-0.2, 0) is 15.7 Å². The van der Waals surface area contributed by atoms with Crippen LogP contribution in [0.15, 0.2) is 10.5 Å². The molecule has 2 fully saturated rings. The van der Waals surface area contributed by atoms with E-state index in [4.69, 9.17) is 21.1 Å². The summed E-state index contributed by atoms with van der Waals surface area (Å²) in [5.74, 6) is -1.04. The molecule has 2 saturated heterocycles. The molecule has 0 saturated carbocycles. The number of hydrogen-bond acceptors (Lipinski definition) is 6. The number of carbonyl (C=O) groups excluding carboxylic acids is 1. The normalized spacial score (nSPS) is 21.9. The van der Waals surface area contributed by atoms with Crippen molar-refractivity contribution in [3.05, 3.63) is 27.2 Å². The van der Waals surface area contributed by atoms with Crippen LogP contribution < -0.4 is 4.90 Å². The number of alkyl halides is 3. The summed E-state index contributed by atoms with van der Waals surface area (Å²) in [4.78, 5) is 24.7. The lowest BCUT2D eigenvalue weighted by atomic mass is 9.94. The molecular formula is C23H26BrClF4N4O3. The summed E-state index contributed by atoms with van der Waals surface area (Å²) >= 11 is 8.82. The number of carbonyl (C=O) groups is 1. The number of benzene rings is 1. The third kappa shape index (κ3) is 5.08. The minimum absolute atomic E-state index is 0.0920. The van der Waals surface area contributed by atoms with Crippen molar-refractivity contribution in [3.8, 4) is 0 Å². The summed E-state index contributed by atoms with van der Waals surface area (Å²) in [5, 5.41) is -0.375. The van der Waals surface area contributed by atoms with Gasteiger partial charge in [0.25, 0.3) is 0 Å². The van der Waals surface area contributed by atoms with Crippen LogP contribution in [0.4, 0.5) is 28.2 Å². The van der Waals surface area contributed by atoms with E-state index in [1.807, 2.05) is 4.90 Å². The summed E-state index contributed by atoms with van der Waals surface area (Å²) in [6, 6.07) is 0.120. The second-order valence-electron chi connectivity index (χ2n) is 9.94. The summed E-state index contributed by atoms with van der Waals surface area (Å²) in [6.45, 7) is 5.87. The molecule has 1 aromatic carbocycles. The number of halogens is 6. The van der Waals surface area contributed by atoms with Crippen LogP contribution in [-0.4, -0.2) is 64.9 Å². The van der Waals surface area contributed by atoms with E-state index in [-0.39, 0.29) is 53.3 Å². The largest absolute Gasteiger partial charge is 0.444 e. The lowest BCUT2D eigenvalue weighted by Crippen LogP contribution is -2.50. The van der Waals surface area contributed by atoms with Crippen molar-refractivity contribution in [1.29, 1.82) is 0 Å². The number of ether oxygens (including phenoxy) is 2. The average Bonchev–Trinajstić information content (AvgIpc) is 3.32. The molecule has 13 heteroatoms. The molecule has 0 radical (unpaired) electrons. The van der Waals surface area contributed by atoms with Crippen molar-refractivity contribution in [2.24, 2.45) is 0 Å². The first-order chi connectivity index (χ1) is 16.7. The number of anilines is 1. The molecular weight excluding hydrogens is 572 g/mol. The number of fused-ring (bicyclic) bond motifs is 3. The Kier molecular flexibility index (Phi) is 7.35. The monoisotopic (exact) mass is 596 g/mol. The van der Waals surface area contributed by atoms with Gasteiger partial charge in [0.1, 0.15) is 16.9 Å². The Morgan fingerprint density at radius 2 is 1.97 bits per heavy atom. The fourth-order valence-corrected chi connectivity index (χ4v) is 5.78. The third-order valence-corrected chi connectivity index (χ3v) is 7.39. The zero-order valence-electron chi connectivity index (χ0n) is 20.1. The van der Waals surface area contributed by atoms with Gasteiger partial charge in [-0.1, -0.05) is 0 Å². The molecule has 2 aliphatic rings. The second kappa shape index (κ2) is 9.75. The molecule has 1 aromatic heterocycles. The summed E-state index contributed by atoms with van der Waals surface area (Å²) < 4.78 is 66.2. The quantitative estimate of drug-likeness (QED) is 0.302. The zero-order chi connectivity index (χ0) is 26.6. The smallest absolute Gasteiger partial charge is 0.417 e. The van der Waals surface area contributed by atoms with E-state index in [9.17, 15) is 18.0 Å². The molecule has 1 amide bonds. The molecule has 3 atom stereocenters. The molecule has 3 heterocycles. The molecule has 2 aromatic rings. The summed E-state index contributed by atoms with van der Waals surface area (Å²) in [5.41, 5.74) is -2.19. The molecule has 2 aliphatic heterocycles. The highest BCUT2D eigenvalue weighted by Gasteiger charge is 2.51. The van der Waals surface area contributed by atoms with Crippen LogP contribution in [0.5, 0.6) is 0 Å². The van der Waals surface area contributed by atoms with Crippen LogP contribution in [0.2, 0.25) is 5.28 Å². The van der Waals surface area contributed by atoms with Gasteiger partial charge in [-0.15, -0.1) is 0 Å². The molecule has 198 valence electrons. The Morgan fingerprint density at radius 3 is 2.58 bits per heavy atom. The molecule has 0 N–H and O–H groups in total. The van der Waals surface area contributed by atoms with Crippen LogP contribution in [0.3, 0.4) is 0 Å². The van der Waals surface area contributed by atoms with Gasteiger partial charge < -0.3 is 19.3 Å². The van der Waals surface area contributed by atoms with Crippen LogP contribution in [0, 0.1) is 5.82 Å². The Balaban J connectivity index is 1.78. The van der Waals surface area contributed by atoms with E-state index >= 15 is 4.39 Å². The first-order valence-electron chi connectivity index (χ1n) is 11.4.